The minimum atomic E-state index is -0.0983. The number of rotatable bonds is 4. The molecular weight excluding hydrogens is 250 g/mol. The molecule has 4 nitrogen and oxygen atoms in total. The summed E-state index contributed by atoms with van der Waals surface area (Å²) < 4.78 is 0. The third-order valence-electron chi connectivity index (χ3n) is 5.65. The van der Waals surface area contributed by atoms with E-state index in [2.05, 4.69) is 22.5 Å². The van der Waals surface area contributed by atoms with Gasteiger partial charge in [-0.1, -0.05) is 6.92 Å². The van der Waals surface area contributed by atoms with Gasteiger partial charge in [-0.25, -0.2) is 0 Å². The van der Waals surface area contributed by atoms with Gasteiger partial charge in [0.15, 0.2) is 0 Å². The summed E-state index contributed by atoms with van der Waals surface area (Å²) in [5.74, 6) is 0.325. The molecule has 2 aliphatic heterocycles. The fourth-order valence-electron chi connectivity index (χ4n) is 3.83. The molecule has 1 amide bonds. The average molecular weight is 279 g/mol. The van der Waals surface area contributed by atoms with E-state index in [1.165, 1.54) is 25.9 Å². The minimum Gasteiger partial charge on any atom is -0.353 e. The van der Waals surface area contributed by atoms with Gasteiger partial charge in [0.25, 0.3) is 0 Å². The van der Waals surface area contributed by atoms with Gasteiger partial charge in [-0.15, -0.1) is 0 Å². The first-order valence-corrected chi connectivity index (χ1v) is 8.49. The molecule has 3 aliphatic rings. The van der Waals surface area contributed by atoms with Crippen molar-refractivity contribution in [2.24, 2.45) is 5.41 Å². The normalized spacial score (nSPS) is 28.2. The Hall–Kier alpha value is -0.610. The van der Waals surface area contributed by atoms with Gasteiger partial charge in [0, 0.05) is 25.2 Å². The molecule has 0 unspecified atom stereocenters. The minimum absolute atomic E-state index is 0.0983. The molecule has 2 N–H and O–H groups in total. The summed E-state index contributed by atoms with van der Waals surface area (Å²) in [5.41, 5.74) is -0.0983. The smallest absolute Gasteiger partial charge is 0.226 e. The maximum Gasteiger partial charge on any atom is 0.226 e. The Morgan fingerprint density at radius 3 is 2.40 bits per heavy atom. The van der Waals surface area contributed by atoms with E-state index in [-0.39, 0.29) is 5.41 Å². The van der Waals surface area contributed by atoms with Crippen LogP contribution >= 0.6 is 0 Å². The Bertz CT molecular complexity index is 340. The summed E-state index contributed by atoms with van der Waals surface area (Å²) in [5, 5.41) is 6.74. The second-order valence-corrected chi connectivity index (χ2v) is 6.90. The van der Waals surface area contributed by atoms with Gasteiger partial charge in [-0.05, 0) is 58.0 Å². The first kappa shape index (κ1) is 14.3. The number of amides is 1. The van der Waals surface area contributed by atoms with Crippen molar-refractivity contribution in [2.45, 2.75) is 64.0 Å². The quantitative estimate of drug-likeness (QED) is 0.820. The highest BCUT2D eigenvalue weighted by molar-refractivity contribution is 5.83. The molecule has 4 heteroatoms. The zero-order valence-electron chi connectivity index (χ0n) is 12.8. The molecule has 2 heterocycles. The second kappa shape index (κ2) is 6.02. The summed E-state index contributed by atoms with van der Waals surface area (Å²) >= 11 is 0. The van der Waals surface area contributed by atoms with Crippen LogP contribution in [0.5, 0.6) is 0 Å². The second-order valence-electron chi connectivity index (χ2n) is 6.90. The van der Waals surface area contributed by atoms with Crippen LogP contribution in [0.1, 0.15) is 51.9 Å². The number of piperidine rings is 2. The first-order chi connectivity index (χ1) is 9.73. The zero-order chi connectivity index (χ0) is 14.0. The van der Waals surface area contributed by atoms with Gasteiger partial charge in [0.2, 0.25) is 5.91 Å². The summed E-state index contributed by atoms with van der Waals surface area (Å²) in [6, 6.07) is 1.29. The van der Waals surface area contributed by atoms with Crippen LogP contribution in [0.4, 0.5) is 0 Å². The Morgan fingerprint density at radius 2 is 1.85 bits per heavy atom. The molecule has 20 heavy (non-hydrogen) atoms. The lowest BCUT2D eigenvalue weighted by Gasteiger charge is -2.38. The average Bonchev–Trinajstić information content (AvgIpc) is 3.33. The summed E-state index contributed by atoms with van der Waals surface area (Å²) in [7, 11) is 0. The highest BCUT2D eigenvalue weighted by Crippen LogP contribution is 2.34. The van der Waals surface area contributed by atoms with Crippen molar-refractivity contribution in [3.63, 3.8) is 0 Å². The van der Waals surface area contributed by atoms with Gasteiger partial charge < -0.3 is 15.5 Å². The van der Waals surface area contributed by atoms with E-state index >= 15 is 0 Å². The van der Waals surface area contributed by atoms with E-state index in [9.17, 15) is 4.79 Å². The standard InChI is InChI=1S/C16H29N3O/c1-2-16(7-9-17-10-8-16)15(20)18-13-5-11-19(12-6-13)14-3-4-14/h13-14,17H,2-12H2,1H3,(H,18,20). The highest BCUT2D eigenvalue weighted by atomic mass is 16.2. The molecule has 0 radical (unpaired) electrons. The third-order valence-corrected chi connectivity index (χ3v) is 5.65. The molecule has 0 bridgehead atoms. The van der Waals surface area contributed by atoms with Crippen LogP contribution in [-0.2, 0) is 4.79 Å². The van der Waals surface area contributed by atoms with Crippen molar-refractivity contribution in [1.82, 2.24) is 15.5 Å². The first-order valence-electron chi connectivity index (χ1n) is 8.49. The predicted octanol–water partition coefficient (Wildman–Crippen LogP) is 1.51. The number of nitrogens with zero attached hydrogens (tertiary/aromatic N) is 1. The van der Waals surface area contributed by atoms with E-state index in [4.69, 9.17) is 0 Å². The lowest BCUT2D eigenvalue weighted by Crippen LogP contribution is -2.52. The number of carbonyl (C=O) groups is 1. The maximum atomic E-state index is 12.7. The van der Waals surface area contributed by atoms with E-state index < -0.39 is 0 Å². The van der Waals surface area contributed by atoms with Gasteiger partial charge in [0.05, 0.1) is 5.41 Å². The number of carbonyl (C=O) groups excluding carboxylic acids is 1. The van der Waals surface area contributed by atoms with Gasteiger partial charge in [0.1, 0.15) is 0 Å². The van der Waals surface area contributed by atoms with E-state index in [0.717, 1.165) is 51.2 Å². The molecule has 0 spiro atoms. The van der Waals surface area contributed by atoms with Crippen LogP contribution < -0.4 is 10.6 Å². The van der Waals surface area contributed by atoms with Crippen molar-refractivity contribution in [3.05, 3.63) is 0 Å². The van der Waals surface area contributed by atoms with Crippen molar-refractivity contribution >= 4 is 5.91 Å². The maximum absolute atomic E-state index is 12.7. The molecule has 0 aromatic rings. The number of nitrogens with one attached hydrogen (secondary N) is 2. The Balaban J connectivity index is 1.50. The molecule has 114 valence electrons. The fraction of sp³-hybridized carbons (Fsp3) is 0.938. The summed E-state index contributed by atoms with van der Waals surface area (Å²) in [6.07, 6.45) is 8.03. The van der Waals surface area contributed by atoms with Crippen molar-refractivity contribution < 1.29 is 4.79 Å². The van der Waals surface area contributed by atoms with Crippen LogP contribution in [0.2, 0.25) is 0 Å². The third kappa shape index (κ3) is 3.01. The number of hydrogen-bond donors (Lipinski definition) is 2. The van der Waals surface area contributed by atoms with Crippen LogP contribution in [0.3, 0.4) is 0 Å². The fourth-order valence-corrected chi connectivity index (χ4v) is 3.83. The van der Waals surface area contributed by atoms with E-state index in [1.807, 2.05) is 0 Å². The molecule has 3 rings (SSSR count). The number of hydrogen-bond acceptors (Lipinski definition) is 3. The monoisotopic (exact) mass is 279 g/mol. The molecule has 0 aromatic carbocycles. The molecule has 1 saturated carbocycles. The lowest BCUT2D eigenvalue weighted by molar-refractivity contribution is -0.134. The van der Waals surface area contributed by atoms with Crippen molar-refractivity contribution in [3.8, 4) is 0 Å². The van der Waals surface area contributed by atoms with Crippen molar-refractivity contribution in [2.75, 3.05) is 26.2 Å². The summed E-state index contributed by atoms with van der Waals surface area (Å²) in [4.78, 5) is 15.3. The molecule has 1 aliphatic carbocycles. The van der Waals surface area contributed by atoms with Crippen LogP contribution in [0, 0.1) is 5.41 Å². The number of likely N-dealkylation sites (tertiary alicyclic amines) is 1. The molecule has 2 saturated heterocycles. The van der Waals surface area contributed by atoms with Gasteiger partial charge >= 0.3 is 0 Å². The van der Waals surface area contributed by atoms with E-state index in [0.29, 0.717) is 11.9 Å². The SMILES string of the molecule is CCC1(C(=O)NC2CCN(C3CC3)CC2)CCNCC1. The summed E-state index contributed by atoms with van der Waals surface area (Å²) in [6.45, 7) is 6.50. The Morgan fingerprint density at radius 1 is 1.20 bits per heavy atom. The molecule has 3 fully saturated rings. The van der Waals surface area contributed by atoms with Crippen LogP contribution in [0.25, 0.3) is 0 Å². The highest BCUT2D eigenvalue weighted by Gasteiger charge is 2.39. The molecule has 0 atom stereocenters. The van der Waals surface area contributed by atoms with Crippen LogP contribution in [0.15, 0.2) is 0 Å². The van der Waals surface area contributed by atoms with Gasteiger partial charge in [-0.2, -0.15) is 0 Å². The zero-order valence-corrected chi connectivity index (χ0v) is 12.8. The van der Waals surface area contributed by atoms with Gasteiger partial charge in [-0.3, -0.25) is 4.79 Å². The predicted molar refractivity (Wildman–Crippen MR) is 80.6 cm³/mol. The lowest BCUT2D eigenvalue weighted by atomic mass is 9.75. The van der Waals surface area contributed by atoms with Crippen LogP contribution in [-0.4, -0.2) is 49.1 Å². The Labute approximate surface area is 122 Å². The van der Waals surface area contributed by atoms with E-state index in [1.54, 1.807) is 0 Å². The Kier molecular flexibility index (Phi) is 4.32. The van der Waals surface area contributed by atoms with Crippen molar-refractivity contribution in [1.29, 1.82) is 0 Å². The molecule has 0 aromatic heterocycles. The largest absolute Gasteiger partial charge is 0.353 e. The topological polar surface area (TPSA) is 44.4 Å². The molecular formula is C16H29N3O.